The summed E-state index contributed by atoms with van der Waals surface area (Å²) in [6.45, 7) is 3.78. The summed E-state index contributed by atoms with van der Waals surface area (Å²) in [6, 6.07) is 3.39. The van der Waals surface area contributed by atoms with Crippen molar-refractivity contribution in [2.45, 2.75) is 6.92 Å². The number of carboxylic acid groups (broad SMARTS) is 1. The van der Waals surface area contributed by atoms with Crippen LogP contribution in [0, 0.1) is 24.2 Å². The van der Waals surface area contributed by atoms with E-state index >= 15 is 0 Å². The predicted octanol–water partition coefficient (Wildman–Crippen LogP) is 0.355. The Morgan fingerprint density at radius 3 is 2.89 bits per heavy atom. The summed E-state index contributed by atoms with van der Waals surface area (Å²) in [4.78, 5) is 17.2. The summed E-state index contributed by atoms with van der Waals surface area (Å²) in [7, 11) is 0. The molecular weight excluding hydrogens is 232 g/mol. The molecule has 1 aromatic heterocycles. The Kier molecular flexibility index (Phi) is 3.17. The Hall–Kier alpha value is -2.13. The molecule has 0 aliphatic carbocycles. The third kappa shape index (κ3) is 2.00. The third-order valence-electron chi connectivity index (χ3n) is 3.13. The number of aromatic nitrogens is 1. The molecular formula is C12H14N4O2. The van der Waals surface area contributed by atoms with Gasteiger partial charge in [-0.3, -0.25) is 0 Å². The second-order valence-electron chi connectivity index (χ2n) is 4.42. The van der Waals surface area contributed by atoms with E-state index in [4.69, 9.17) is 16.1 Å². The fourth-order valence-electron chi connectivity index (χ4n) is 2.02. The molecule has 6 heteroatoms. The molecule has 2 heterocycles. The van der Waals surface area contributed by atoms with Crippen molar-refractivity contribution in [1.29, 1.82) is 5.26 Å². The number of carboxylic acids is 1. The number of aromatic carboxylic acids is 1. The van der Waals surface area contributed by atoms with Gasteiger partial charge in [0.15, 0.2) is 0 Å². The number of nitrogens with zero attached hydrogens (tertiary/aromatic N) is 3. The van der Waals surface area contributed by atoms with Gasteiger partial charge in [-0.25, -0.2) is 9.78 Å². The molecule has 0 unspecified atom stereocenters. The first-order valence-corrected chi connectivity index (χ1v) is 5.66. The van der Waals surface area contributed by atoms with Gasteiger partial charge in [-0.05, 0) is 19.5 Å². The van der Waals surface area contributed by atoms with Crippen LogP contribution in [0.3, 0.4) is 0 Å². The van der Waals surface area contributed by atoms with Crippen molar-refractivity contribution in [3.63, 3.8) is 0 Å². The maximum Gasteiger partial charge on any atom is 0.337 e. The fourth-order valence-corrected chi connectivity index (χ4v) is 2.02. The molecule has 6 nitrogen and oxygen atoms in total. The number of hydrogen-bond acceptors (Lipinski definition) is 5. The number of pyridine rings is 1. The lowest BCUT2D eigenvalue weighted by molar-refractivity contribution is 0.0695. The van der Waals surface area contributed by atoms with Crippen LogP contribution in [-0.2, 0) is 0 Å². The monoisotopic (exact) mass is 246 g/mol. The molecule has 0 saturated carbocycles. The number of nitrogens with two attached hydrogens (primary N) is 1. The minimum atomic E-state index is -1.06. The number of aryl methyl sites for hydroxylation is 1. The van der Waals surface area contributed by atoms with Crippen molar-refractivity contribution in [1.82, 2.24) is 4.98 Å². The lowest BCUT2D eigenvalue weighted by Crippen LogP contribution is -2.50. The van der Waals surface area contributed by atoms with Crippen molar-refractivity contribution in [2.24, 2.45) is 11.7 Å². The number of rotatable bonds is 3. The van der Waals surface area contributed by atoms with Crippen molar-refractivity contribution in [3.05, 3.63) is 22.9 Å². The molecule has 0 radical (unpaired) electrons. The Bertz CT molecular complexity index is 530. The van der Waals surface area contributed by atoms with Gasteiger partial charge in [0.25, 0.3) is 0 Å². The number of anilines is 1. The molecule has 1 aliphatic rings. The van der Waals surface area contributed by atoms with Crippen LogP contribution in [0.2, 0.25) is 0 Å². The SMILES string of the molecule is Cc1nc(N2CC(CN)C2)c(C#N)cc1C(=O)O. The number of hydrogen-bond donors (Lipinski definition) is 2. The van der Waals surface area contributed by atoms with Gasteiger partial charge < -0.3 is 15.7 Å². The van der Waals surface area contributed by atoms with Gasteiger partial charge in [0.2, 0.25) is 0 Å². The first-order valence-electron chi connectivity index (χ1n) is 5.66. The minimum Gasteiger partial charge on any atom is -0.478 e. The Labute approximate surface area is 105 Å². The molecule has 1 aromatic rings. The highest BCUT2D eigenvalue weighted by Crippen LogP contribution is 2.27. The quantitative estimate of drug-likeness (QED) is 0.797. The van der Waals surface area contributed by atoms with Crippen LogP contribution in [0.5, 0.6) is 0 Å². The lowest BCUT2D eigenvalue weighted by Gasteiger charge is -2.40. The second-order valence-corrected chi connectivity index (χ2v) is 4.42. The maximum absolute atomic E-state index is 11.0. The number of nitriles is 1. The first-order chi connectivity index (χ1) is 8.56. The minimum absolute atomic E-state index is 0.0752. The van der Waals surface area contributed by atoms with Gasteiger partial charge in [0.1, 0.15) is 11.9 Å². The van der Waals surface area contributed by atoms with Crippen molar-refractivity contribution in [3.8, 4) is 6.07 Å². The molecule has 18 heavy (non-hydrogen) atoms. The Balaban J connectivity index is 2.35. The molecule has 1 aliphatic heterocycles. The van der Waals surface area contributed by atoms with E-state index in [0.717, 1.165) is 13.1 Å². The van der Waals surface area contributed by atoms with Crippen LogP contribution in [0.4, 0.5) is 5.82 Å². The maximum atomic E-state index is 11.0. The molecule has 1 saturated heterocycles. The molecule has 0 amide bonds. The van der Waals surface area contributed by atoms with Gasteiger partial charge in [-0.2, -0.15) is 5.26 Å². The Morgan fingerprint density at radius 1 is 1.72 bits per heavy atom. The average Bonchev–Trinajstić information content (AvgIpc) is 2.27. The topological polar surface area (TPSA) is 103 Å². The number of carbonyl (C=O) groups is 1. The van der Waals surface area contributed by atoms with E-state index in [1.807, 2.05) is 11.0 Å². The molecule has 1 fully saturated rings. The van der Waals surface area contributed by atoms with E-state index in [9.17, 15) is 4.79 Å². The largest absolute Gasteiger partial charge is 0.478 e. The molecule has 0 spiro atoms. The van der Waals surface area contributed by atoms with Crippen LogP contribution in [0.1, 0.15) is 21.6 Å². The molecule has 2 rings (SSSR count). The van der Waals surface area contributed by atoms with Gasteiger partial charge in [-0.1, -0.05) is 0 Å². The molecule has 0 atom stereocenters. The molecule has 0 bridgehead atoms. The average molecular weight is 246 g/mol. The third-order valence-corrected chi connectivity index (χ3v) is 3.13. The van der Waals surface area contributed by atoms with Crippen molar-refractivity contribution >= 4 is 11.8 Å². The van der Waals surface area contributed by atoms with Crippen LogP contribution in [-0.4, -0.2) is 35.7 Å². The summed E-state index contributed by atoms with van der Waals surface area (Å²) in [5.41, 5.74) is 6.35. The van der Waals surface area contributed by atoms with Crippen LogP contribution in [0.25, 0.3) is 0 Å². The molecule has 0 aromatic carbocycles. The first kappa shape index (κ1) is 12.3. The second kappa shape index (κ2) is 4.63. The van der Waals surface area contributed by atoms with Crippen LogP contribution < -0.4 is 10.6 Å². The summed E-state index contributed by atoms with van der Waals surface area (Å²) in [5, 5.41) is 18.1. The van der Waals surface area contributed by atoms with Crippen LogP contribution >= 0.6 is 0 Å². The summed E-state index contributed by atoms with van der Waals surface area (Å²) < 4.78 is 0. The fraction of sp³-hybridized carbons (Fsp3) is 0.417. The van der Waals surface area contributed by atoms with Crippen molar-refractivity contribution < 1.29 is 9.90 Å². The molecule has 94 valence electrons. The zero-order valence-electron chi connectivity index (χ0n) is 10.1. The van der Waals surface area contributed by atoms with Crippen LogP contribution in [0.15, 0.2) is 6.07 Å². The lowest BCUT2D eigenvalue weighted by atomic mass is 9.99. The molecule has 3 N–H and O–H groups in total. The van der Waals surface area contributed by atoms with Gasteiger partial charge >= 0.3 is 5.97 Å². The zero-order chi connectivity index (χ0) is 13.3. The van der Waals surface area contributed by atoms with E-state index < -0.39 is 5.97 Å². The summed E-state index contributed by atoms with van der Waals surface area (Å²) >= 11 is 0. The van der Waals surface area contributed by atoms with Gasteiger partial charge in [0.05, 0.1) is 16.8 Å². The highest BCUT2D eigenvalue weighted by Gasteiger charge is 2.29. The zero-order valence-corrected chi connectivity index (χ0v) is 10.1. The van der Waals surface area contributed by atoms with Gasteiger partial charge in [-0.15, -0.1) is 0 Å². The summed E-state index contributed by atoms with van der Waals surface area (Å²) in [6.07, 6.45) is 0. The van der Waals surface area contributed by atoms with Crippen molar-refractivity contribution in [2.75, 3.05) is 24.5 Å². The highest BCUT2D eigenvalue weighted by molar-refractivity contribution is 5.90. The Morgan fingerprint density at radius 2 is 2.39 bits per heavy atom. The van der Waals surface area contributed by atoms with E-state index in [-0.39, 0.29) is 5.56 Å². The normalized spacial score (nSPS) is 15.1. The van der Waals surface area contributed by atoms with E-state index in [2.05, 4.69) is 4.98 Å². The van der Waals surface area contributed by atoms with E-state index in [0.29, 0.717) is 29.5 Å². The standard InChI is InChI=1S/C12H14N4O2/c1-7-10(12(17)18)2-9(4-14)11(15-7)16-5-8(3-13)6-16/h2,8H,3,5-6,13H2,1H3,(H,17,18). The van der Waals surface area contributed by atoms with Gasteiger partial charge in [0, 0.05) is 19.0 Å². The van der Waals surface area contributed by atoms with E-state index in [1.165, 1.54) is 6.07 Å². The van der Waals surface area contributed by atoms with E-state index in [1.54, 1.807) is 6.92 Å². The predicted molar refractivity (Wildman–Crippen MR) is 65.4 cm³/mol. The smallest absolute Gasteiger partial charge is 0.337 e. The summed E-state index contributed by atoms with van der Waals surface area (Å²) in [5.74, 6) is -0.0750. The highest BCUT2D eigenvalue weighted by atomic mass is 16.4.